The molecule has 1 aromatic rings. The van der Waals surface area contributed by atoms with E-state index in [1.54, 1.807) is 0 Å². The second-order valence-corrected chi connectivity index (χ2v) is 3.12. The normalized spacial score (nSPS) is 9.56. The maximum atomic E-state index is 11.3. The molecular weight excluding hydrogens is 210 g/mol. The van der Waals surface area contributed by atoms with Gasteiger partial charge in [-0.3, -0.25) is 0 Å². The van der Waals surface area contributed by atoms with Gasteiger partial charge in [-0.05, 0) is 23.8 Å². The molecule has 0 atom stereocenters. The van der Waals surface area contributed by atoms with Gasteiger partial charge in [0.2, 0.25) is 0 Å². The lowest BCUT2D eigenvalue weighted by Crippen LogP contribution is -2.05. The van der Waals surface area contributed by atoms with Gasteiger partial charge in [0.1, 0.15) is 0 Å². The number of carbonyl (C=O) groups excluding carboxylic acids is 1. The van der Waals surface area contributed by atoms with Crippen LogP contribution in [0.15, 0.2) is 24.8 Å². The van der Waals surface area contributed by atoms with Gasteiger partial charge < -0.3 is 15.6 Å². The van der Waals surface area contributed by atoms with E-state index in [1.165, 1.54) is 25.3 Å². The van der Waals surface area contributed by atoms with E-state index in [0.29, 0.717) is 0 Å². The Morgan fingerprint density at radius 3 is 2.38 bits per heavy atom. The van der Waals surface area contributed by atoms with Crippen molar-refractivity contribution in [1.29, 1.82) is 0 Å². The van der Waals surface area contributed by atoms with E-state index in [0.717, 1.165) is 0 Å². The molecule has 0 saturated carbocycles. The van der Waals surface area contributed by atoms with Gasteiger partial charge in [-0.1, -0.05) is 6.58 Å². The number of benzene rings is 1. The summed E-state index contributed by atoms with van der Waals surface area (Å²) in [7, 11) is 1.23. The van der Waals surface area contributed by atoms with Crippen molar-refractivity contribution in [3.05, 3.63) is 35.9 Å². The fourth-order valence-electron chi connectivity index (χ4n) is 1.19. The van der Waals surface area contributed by atoms with Crippen LogP contribution in [0.25, 0.3) is 5.57 Å². The smallest absolute Gasteiger partial charge is 0.337 e. The summed E-state index contributed by atoms with van der Waals surface area (Å²) in [5.41, 5.74) is 6.18. The number of nitrogens with two attached hydrogens (primary N) is 1. The molecular formula is C11H11NO4. The number of carbonyl (C=O) groups is 2. The van der Waals surface area contributed by atoms with E-state index in [-0.39, 0.29) is 22.4 Å². The third-order valence-corrected chi connectivity index (χ3v) is 1.98. The lowest BCUT2D eigenvalue weighted by atomic mass is 10.0. The molecule has 5 heteroatoms. The average molecular weight is 221 g/mol. The number of hydrogen-bond donors (Lipinski definition) is 2. The van der Waals surface area contributed by atoms with Gasteiger partial charge >= 0.3 is 11.9 Å². The summed E-state index contributed by atoms with van der Waals surface area (Å²) < 4.78 is 4.51. The summed E-state index contributed by atoms with van der Waals surface area (Å²) in [6.45, 7) is 3.38. The quantitative estimate of drug-likeness (QED) is 0.454. The van der Waals surface area contributed by atoms with Crippen molar-refractivity contribution < 1.29 is 19.4 Å². The van der Waals surface area contributed by atoms with Crippen LogP contribution < -0.4 is 5.73 Å². The molecule has 0 aliphatic heterocycles. The predicted octanol–water partition coefficient (Wildman–Crippen LogP) is 1.15. The molecule has 3 N–H and O–H groups in total. The fraction of sp³-hybridized carbons (Fsp3) is 0.0909. The number of methoxy groups -OCH3 is 1. The first-order chi connectivity index (χ1) is 7.45. The van der Waals surface area contributed by atoms with Crippen molar-refractivity contribution in [1.82, 2.24) is 0 Å². The van der Waals surface area contributed by atoms with Gasteiger partial charge in [-0.2, -0.15) is 0 Å². The Labute approximate surface area is 92.1 Å². The fourth-order valence-corrected chi connectivity index (χ4v) is 1.19. The summed E-state index contributed by atoms with van der Waals surface area (Å²) >= 11 is 0. The van der Waals surface area contributed by atoms with Crippen molar-refractivity contribution in [3.63, 3.8) is 0 Å². The lowest BCUT2D eigenvalue weighted by Gasteiger charge is -2.05. The molecule has 0 amide bonds. The van der Waals surface area contributed by atoms with Crippen LogP contribution in [0.3, 0.4) is 0 Å². The Morgan fingerprint density at radius 1 is 1.31 bits per heavy atom. The van der Waals surface area contributed by atoms with Crippen LogP contribution in [0.2, 0.25) is 0 Å². The molecule has 0 radical (unpaired) electrons. The number of anilines is 1. The van der Waals surface area contributed by atoms with Gasteiger partial charge in [0.05, 0.1) is 18.2 Å². The molecule has 0 bridgehead atoms. The van der Waals surface area contributed by atoms with Crippen LogP contribution in [0.5, 0.6) is 0 Å². The minimum absolute atomic E-state index is 0.127. The Morgan fingerprint density at radius 2 is 1.88 bits per heavy atom. The number of carboxylic acid groups (broad SMARTS) is 1. The molecule has 0 heterocycles. The van der Waals surface area contributed by atoms with Crippen molar-refractivity contribution >= 4 is 23.2 Å². The Bertz CT molecular complexity index is 465. The summed E-state index contributed by atoms with van der Waals surface area (Å²) in [4.78, 5) is 22.0. The molecule has 0 unspecified atom stereocenters. The number of esters is 1. The van der Waals surface area contributed by atoms with Crippen LogP contribution in [-0.4, -0.2) is 24.2 Å². The number of rotatable bonds is 3. The first-order valence-electron chi connectivity index (χ1n) is 4.37. The van der Waals surface area contributed by atoms with Crippen LogP contribution >= 0.6 is 0 Å². The summed E-state index contributed by atoms with van der Waals surface area (Å²) in [6, 6.07) is 4.21. The number of carboxylic acids is 1. The van der Waals surface area contributed by atoms with E-state index < -0.39 is 11.9 Å². The molecule has 1 aromatic carbocycles. The molecule has 0 spiro atoms. The number of hydrogen-bond acceptors (Lipinski definition) is 4. The number of aliphatic carboxylic acids is 1. The van der Waals surface area contributed by atoms with Crippen LogP contribution in [0.4, 0.5) is 5.69 Å². The second kappa shape index (κ2) is 4.48. The third-order valence-electron chi connectivity index (χ3n) is 1.98. The molecule has 84 valence electrons. The Balaban J connectivity index is 3.23. The molecule has 16 heavy (non-hydrogen) atoms. The van der Waals surface area contributed by atoms with Crippen molar-refractivity contribution in [2.45, 2.75) is 0 Å². The van der Waals surface area contributed by atoms with E-state index >= 15 is 0 Å². The highest BCUT2D eigenvalue weighted by molar-refractivity contribution is 6.15. The topological polar surface area (TPSA) is 89.6 Å². The van der Waals surface area contributed by atoms with Crippen LogP contribution in [0.1, 0.15) is 15.9 Å². The van der Waals surface area contributed by atoms with E-state index in [1.807, 2.05) is 0 Å². The molecule has 0 aliphatic carbocycles. The second-order valence-electron chi connectivity index (χ2n) is 3.12. The summed E-state index contributed by atoms with van der Waals surface area (Å²) in [6.07, 6.45) is 0. The van der Waals surface area contributed by atoms with Gasteiger partial charge in [0.15, 0.2) is 0 Å². The van der Waals surface area contributed by atoms with Crippen LogP contribution in [0, 0.1) is 0 Å². The van der Waals surface area contributed by atoms with Crippen LogP contribution in [-0.2, 0) is 9.53 Å². The van der Waals surface area contributed by atoms with Gasteiger partial charge in [-0.15, -0.1) is 0 Å². The highest BCUT2D eigenvalue weighted by Gasteiger charge is 2.12. The highest BCUT2D eigenvalue weighted by atomic mass is 16.5. The average Bonchev–Trinajstić information content (AvgIpc) is 2.25. The van der Waals surface area contributed by atoms with Crippen molar-refractivity contribution in [2.24, 2.45) is 0 Å². The maximum Gasteiger partial charge on any atom is 0.337 e. The van der Waals surface area contributed by atoms with Gasteiger partial charge in [0.25, 0.3) is 0 Å². The van der Waals surface area contributed by atoms with E-state index in [4.69, 9.17) is 10.8 Å². The van der Waals surface area contributed by atoms with Crippen molar-refractivity contribution in [2.75, 3.05) is 12.8 Å². The maximum absolute atomic E-state index is 11.3. The molecule has 0 aromatic heterocycles. The lowest BCUT2D eigenvalue weighted by molar-refractivity contribution is -0.130. The molecule has 0 aliphatic rings. The highest BCUT2D eigenvalue weighted by Crippen LogP contribution is 2.19. The minimum atomic E-state index is -1.17. The van der Waals surface area contributed by atoms with Crippen molar-refractivity contribution in [3.8, 4) is 0 Å². The van der Waals surface area contributed by atoms with Gasteiger partial charge in [0, 0.05) is 5.69 Å². The number of ether oxygens (including phenoxy) is 1. The standard InChI is InChI=1S/C11H11NO4/c1-6(10(13)14)7-3-8(11(15)16-2)5-9(12)4-7/h3-5H,1,12H2,2H3,(H,13,14). The zero-order valence-corrected chi connectivity index (χ0v) is 8.69. The zero-order chi connectivity index (χ0) is 12.3. The molecule has 5 nitrogen and oxygen atoms in total. The monoisotopic (exact) mass is 221 g/mol. The molecule has 1 rings (SSSR count). The first-order valence-corrected chi connectivity index (χ1v) is 4.37. The van der Waals surface area contributed by atoms with E-state index in [2.05, 4.69) is 11.3 Å². The molecule has 0 saturated heterocycles. The summed E-state index contributed by atoms with van der Waals surface area (Å²) in [5.74, 6) is -1.74. The zero-order valence-electron chi connectivity index (χ0n) is 8.69. The van der Waals surface area contributed by atoms with E-state index in [9.17, 15) is 9.59 Å². The third kappa shape index (κ3) is 2.38. The predicted molar refractivity (Wildman–Crippen MR) is 58.9 cm³/mol. The first kappa shape index (κ1) is 11.8. The Kier molecular flexibility index (Phi) is 3.30. The largest absolute Gasteiger partial charge is 0.478 e. The minimum Gasteiger partial charge on any atom is -0.478 e. The summed E-state index contributed by atoms with van der Waals surface area (Å²) in [5, 5.41) is 8.76. The molecule has 0 fully saturated rings. The van der Waals surface area contributed by atoms with Gasteiger partial charge in [-0.25, -0.2) is 9.59 Å². The Hall–Kier alpha value is -2.30. The SMILES string of the molecule is C=C(C(=O)O)c1cc(N)cc(C(=O)OC)c1. The number of nitrogen functional groups attached to an aromatic ring is 1.